The summed E-state index contributed by atoms with van der Waals surface area (Å²) in [5.41, 5.74) is 2.41. The average molecular weight is 435 g/mol. The fourth-order valence-corrected chi connectivity index (χ4v) is 4.83. The van der Waals surface area contributed by atoms with Crippen molar-refractivity contribution in [3.05, 3.63) is 24.7 Å². The Labute approximate surface area is 175 Å². The summed E-state index contributed by atoms with van der Waals surface area (Å²) in [6.45, 7) is 5.49. The second kappa shape index (κ2) is 8.58. The van der Waals surface area contributed by atoms with E-state index < -0.39 is 10.2 Å². The van der Waals surface area contributed by atoms with Crippen LogP contribution in [-0.4, -0.2) is 69.8 Å². The topological polar surface area (TPSA) is 130 Å². The zero-order chi connectivity index (χ0) is 21.1. The molecule has 4 heterocycles. The molecule has 0 saturated carbocycles. The molecule has 12 heteroatoms. The van der Waals surface area contributed by atoms with Crippen LogP contribution in [0.5, 0.6) is 5.75 Å². The number of nitrogens with one attached hydrogen (secondary N) is 3. The van der Waals surface area contributed by atoms with Gasteiger partial charge in [0, 0.05) is 49.2 Å². The number of piperidine rings is 1. The molecule has 1 aliphatic rings. The number of fused-ring (bicyclic) bond motifs is 1. The second-order valence-electron chi connectivity index (χ2n) is 7.00. The molecule has 1 aliphatic heterocycles. The number of ether oxygens (including phenoxy) is 1. The van der Waals surface area contributed by atoms with Crippen LogP contribution >= 0.6 is 0 Å². The Morgan fingerprint density at radius 2 is 2.10 bits per heavy atom. The van der Waals surface area contributed by atoms with E-state index in [0.717, 1.165) is 11.1 Å². The summed E-state index contributed by atoms with van der Waals surface area (Å²) < 4.78 is 35.9. The average Bonchev–Trinajstić information content (AvgIpc) is 3.38. The number of nitrogens with zero attached hydrogens (tertiary/aromatic N) is 5. The fourth-order valence-electron chi connectivity index (χ4n) is 3.59. The van der Waals surface area contributed by atoms with E-state index in [-0.39, 0.29) is 6.04 Å². The van der Waals surface area contributed by atoms with Gasteiger partial charge >= 0.3 is 0 Å². The highest BCUT2D eigenvalue weighted by molar-refractivity contribution is 7.87. The van der Waals surface area contributed by atoms with Crippen LogP contribution in [0.4, 0.5) is 5.95 Å². The lowest BCUT2D eigenvalue weighted by Gasteiger charge is -2.31. The van der Waals surface area contributed by atoms with Gasteiger partial charge in [-0.05, 0) is 25.8 Å². The van der Waals surface area contributed by atoms with Gasteiger partial charge in [0.1, 0.15) is 0 Å². The number of rotatable bonds is 8. The molecule has 0 aliphatic carbocycles. The lowest BCUT2D eigenvalue weighted by Crippen LogP contribution is -2.47. The molecular formula is C18H26N8O3S. The van der Waals surface area contributed by atoms with Crippen molar-refractivity contribution in [2.45, 2.75) is 32.7 Å². The molecule has 3 aromatic rings. The predicted octanol–water partition coefficient (Wildman–Crippen LogP) is 1.25. The first-order valence-corrected chi connectivity index (χ1v) is 11.5. The van der Waals surface area contributed by atoms with E-state index in [1.165, 1.54) is 4.31 Å². The van der Waals surface area contributed by atoms with E-state index in [0.29, 0.717) is 56.4 Å². The molecule has 162 valence electrons. The third-order valence-electron chi connectivity index (χ3n) is 5.01. The van der Waals surface area contributed by atoms with Crippen LogP contribution in [-0.2, 0) is 10.2 Å². The maximum Gasteiger partial charge on any atom is 0.279 e. The Bertz CT molecular complexity index is 1090. The van der Waals surface area contributed by atoms with Crippen molar-refractivity contribution in [2.75, 3.05) is 31.6 Å². The summed E-state index contributed by atoms with van der Waals surface area (Å²) in [5, 5.41) is 14.7. The quantitative estimate of drug-likeness (QED) is 0.486. The van der Waals surface area contributed by atoms with Crippen LogP contribution in [0.25, 0.3) is 16.8 Å². The number of anilines is 1. The molecular weight excluding hydrogens is 408 g/mol. The van der Waals surface area contributed by atoms with Crippen LogP contribution in [0, 0.1) is 0 Å². The zero-order valence-electron chi connectivity index (χ0n) is 17.0. The SMILES string of the molecule is CCNS(=O)(=O)N1CCC(Nc2nc3c(OCC)c(-c4cn[nH]c4)ccn3n2)CC1. The zero-order valence-corrected chi connectivity index (χ0v) is 17.8. The first kappa shape index (κ1) is 20.6. The minimum Gasteiger partial charge on any atom is -0.489 e. The monoisotopic (exact) mass is 434 g/mol. The molecule has 0 radical (unpaired) electrons. The number of hydrogen-bond donors (Lipinski definition) is 3. The predicted molar refractivity (Wildman–Crippen MR) is 113 cm³/mol. The minimum atomic E-state index is -3.39. The van der Waals surface area contributed by atoms with Gasteiger partial charge in [0.2, 0.25) is 5.95 Å². The van der Waals surface area contributed by atoms with Gasteiger partial charge in [0.25, 0.3) is 10.2 Å². The molecule has 0 spiro atoms. The maximum absolute atomic E-state index is 12.1. The summed E-state index contributed by atoms with van der Waals surface area (Å²) in [5.74, 6) is 1.14. The van der Waals surface area contributed by atoms with Crippen LogP contribution in [0.15, 0.2) is 24.7 Å². The molecule has 1 fully saturated rings. The molecule has 0 unspecified atom stereocenters. The Kier molecular flexibility index (Phi) is 5.88. The highest BCUT2D eigenvalue weighted by Crippen LogP contribution is 2.33. The minimum absolute atomic E-state index is 0.0966. The smallest absolute Gasteiger partial charge is 0.279 e. The van der Waals surface area contributed by atoms with Gasteiger partial charge in [-0.3, -0.25) is 5.10 Å². The number of pyridine rings is 1. The van der Waals surface area contributed by atoms with Gasteiger partial charge < -0.3 is 10.1 Å². The molecule has 3 aromatic heterocycles. The van der Waals surface area contributed by atoms with Crippen molar-refractivity contribution >= 4 is 21.8 Å². The molecule has 0 amide bonds. The lowest BCUT2D eigenvalue weighted by atomic mass is 10.1. The Balaban J connectivity index is 1.51. The maximum atomic E-state index is 12.1. The molecule has 1 saturated heterocycles. The van der Waals surface area contributed by atoms with Crippen molar-refractivity contribution in [1.82, 2.24) is 33.8 Å². The standard InChI is InChI=1S/C18H26N8O3S/c1-3-21-30(27,28)25-8-5-14(6-9-25)22-18-23-17-16(29-4-2)15(7-10-26(17)24-18)13-11-19-20-12-13/h7,10-12,14,21H,3-6,8-9H2,1-2H3,(H,19,20)(H,22,24). The van der Waals surface area contributed by atoms with Crippen LogP contribution in [0.2, 0.25) is 0 Å². The normalized spacial score (nSPS) is 16.2. The molecule has 11 nitrogen and oxygen atoms in total. The Morgan fingerprint density at radius 1 is 1.30 bits per heavy atom. The van der Waals surface area contributed by atoms with E-state index in [4.69, 9.17) is 4.74 Å². The van der Waals surface area contributed by atoms with Crippen LogP contribution < -0.4 is 14.8 Å². The molecule has 3 N–H and O–H groups in total. The van der Waals surface area contributed by atoms with Gasteiger partial charge in [-0.1, -0.05) is 6.92 Å². The van der Waals surface area contributed by atoms with E-state index in [2.05, 4.69) is 30.3 Å². The van der Waals surface area contributed by atoms with Crippen LogP contribution in [0.1, 0.15) is 26.7 Å². The summed E-state index contributed by atoms with van der Waals surface area (Å²) in [4.78, 5) is 4.63. The van der Waals surface area contributed by atoms with Crippen molar-refractivity contribution in [2.24, 2.45) is 0 Å². The summed E-state index contributed by atoms with van der Waals surface area (Å²) in [7, 11) is -3.39. The van der Waals surface area contributed by atoms with Gasteiger partial charge in [0.05, 0.1) is 12.8 Å². The first-order chi connectivity index (χ1) is 14.5. The molecule has 4 rings (SSSR count). The number of H-pyrrole nitrogens is 1. The molecule has 0 bridgehead atoms. The van der Waals surface area contributed by atoms with E-state index in [1.54, 1.807) is 23.8 Å². The van der Waals surface area contributed by atoms with Gasteiger partial charge in [0.15, 0.2) is 11.4 Å². The molecule has 0 atom stereocenters. The number of aromatic amines is 1. The third kappa shape index (κ3) is 4.11. The first-order valence-electron chi connectivity index (χ1n) is 10.0. The highest BCUT2D eigenvalue weighted by atomic mass is 32.2. The van der Waals surface area contributed by atoms with Crippen molar-refractivity contribution in [1.29, 1.82) is 0 Å². The summed E-state index contributed by atoms with van der Waals surface area (Å²) in [6.07, 6.45) is 6.74. The fraction of sp³-hybridized carbons (Fsp3) is 0.500. The lowest BCUT2D eigenvalue weighted by molar-refractivity contribution is 0.325. The van der Waals surface area contributed by atoms with E-state index in [1.807, 2.05) is 19.2 Å². The molecule has 30 heavy (non-hydrogen) atoms. The van der Waals surface area contributed by atoms with Crippen molar-refractivity contribution in [3.8, 4) is 16.9 Å². The van der Waals surface area contributed by atoms with E-state index in [9.17, 15) is 8.42 Å². The summed E-state index contributed by atoms with van der Waals surface area (Å²) in [6, 6.07) is 2.02. The summed E-state index contributed by atoms with van der Waals surface area (Å²) >= 11 is 0. The van der Waals surface area contributed by atoms with E-state index >= 15 is 0 Å². The Hall–Kier alpha value is -2.70. The largest absolute Gasteiger partial charge is 0.489 e. The van der Waals surface area contributed by atoms with Gasteiger partial charge in [-0.2, -0.15) is 22.8 Å². The van der Waals surface area contributed by atoms with Crippen molar-refractivity contribution < 1.29 is 13.2 Å². The number of hydrogen-bond acceptors (Lipinski definition) is 7. The van der Waals surface area contributed by atoms with Crippen LogP contribution in [0.3, 0.4) is 0 Å². The molecule has 0 aromatic carbocycles. The number of aromatic nitrogens is 5. The highest BCUT2D eigenvalue weighted by Gasteiger charge is 2.28. The second-order valence-corrected chi connectivity index (χ2v) is 8.76. The van der Waals surface area contributed by atoms with Crippen molar-refractivity contribution in [3.63, 3.8) is 0 Å². The third-order valence-corrected chi connectivity index (χ3v) is 6.71. The van der Waals surface area contributed by atoms with Gasteiger partial charge in [-0.25, -0.2) is 9.24 Å². The van der Waals surface area contributed by atoms with Gasteiger partial charge in [-0.15, -0.1) is 5.10 Å². The Morgan fingerprint density at radius 3 is 2.77 bits per heavy atom.